The van der Waals surface area contributed by atoms with Crippen molar-refractivity contribution in [1.29, 1.82) is 0 Å². The average Bonchev–Trinajstić information content (AvgIpc) is 3.71. The number of hydrogen-bond acceptors (Lipinski definition) is 10. The second-order valence-electron chi connectivity index (χ2n) is 10.7. The van der Waals surface area contributed by atoms with Gasteiger partial charge in [-0.05, 0) is 82.2 Å². The number of hydrogen-bond donors (Lipinski definition) is 4. The topological polar surface area (TPSA) is 210 Å². The summed E-state index contributed by atoms with van der Waals surface area (Å²) < 4.78 is 0. The molecular formula is C32H20N12Ni. The molecule has 7 aromatic rings. The molecule has 8 bridgehead atoms. The van der Waals surface area contributed by atoms with E-state index in [1.54, 1.807) is 24.3 Å². The molecule has 4 aromatic carbocycles. The van der Waals surface area contributed by atoms with Gasteiger partial charge in [0.05, 0.1) is 23.3 Å². The van der Waals surface area contributed by atoms with E-state index in [0.29, 0.717) is 68.6 Å². The van der Waals surface area contributed by atoms with Gasteiger partial charge < -0.3 is 52.8 Å². The first-order chi connectivity index (χ1) is 21.4. The Labute approximate surface area is 263 Å². The van der Waals surface area contributed by atoms with Gasteiger partial charge in [0, 0.05) is 67.6 Å². The van der Waals surface area contributed by atoms with Crippen molar-refractivity contribution >= 4 is 66.9 Å². The maximum Gasteiger partial charge on any atom is 2.00 e. The van der Waals surface area contributed by atoms with Crippen LogP contribution in [0.15, 0.2) is 72.8 Å². The van der Waals surface area contributed by atoms with Crippen molar-refractivity contribution in [2.75, 3.05) is 22.9 Å². The van der Waals surface area contributed by atoms with Crippen LogP contribution < -0.4 is 32.9 Å². The van der Waals surface area contributed by atoms with E-state index < -0.39 is 0 Å². The van der Waals surface area contributed by atoms with Crippen LogP contribution in [0.1, 0.15) is 0 Å². The molecule has 9 rings (SSSR count). The van der Waals surface area contributed by atoms with Crippen LogP contribution in [0.4, 0.5) is 22.7 Å². The van der Waals surface area contributed by atoms with Crippen molar-refractivity contribution in [2.24, 2.45) is 0 Å². The van der Waals surface area contributed by atoms with Gasteiger partial charge in [-0.2, -0.15) is 0 Å². The van der Waals surface area contributed by atoms with Gasteiger partial charge in [-0.3, -0.25) is 0 Å². The van der Waals surface area contributed by atoms with Crippen molar-refractivity contribution < 1.29 is 16.5 Å². The Hall–Kier alpha value is -6.07. The first-order valence-corrected chi connectivity index (χ1v) is 13.7. The van der Waals surface area contributed by atoms with Crippen LogP contribution in [0.25, 0.3) is 89.7 Å². The Morgan fingerprint density at radius 2 is 0.689 bits per heavy atom. The molecule has 3 aromatic heterocycles. The van der Waals surface area contributed by atoms with Crippen molar-refractivity contribution in [3.05, 3.63) is 72.8 Å². The molecule has 0 unspecified atom stereocenters. The summed E-state index contributed by atoms with van der Waals surface area (Å²) in [5, 5.41) is 2.97. The molecule has 2 aliphatic heterocycles. The predicted octanol–water partition coefficient (Wildman–Crippen LogP) is 4.45. The van der Waals surface area contributed by atoms with Crippen molar-refractivity contribution in [3.63, 3.8) is 0 Å². The van der Waals surface area contributed by atoms with Crippen LogP contribution in [0.3, 0.4) is 0 Å². The third-order valence-electron chi connectivity index (χ3n) is 7.80. The molecule has 0 saturated carbocycles. The van der Waals surface area contributed by atoms with E-state index >= 15 is 0 Å². The van der Waals surface area contributed by atoms with E-state index in [2.05, 4.69) is 0 Å². The van der Waals surface area contributed by atoms with E-state index in [4.69, 9.17) is 62.8 Å². The number of fused-ring (bicyclic) bond motifs is 20. The fourth-order valence-corrected chi connectivity index (χ4v) is 5.73. The molecule has 0 aliphatic carbocycles. The minimum atomic E-state index is 0. The molecule has 0 fully saturated rings. The van der Waals surface area contributed by atoms with Crippen molar-refractivity contribution in [3.8, 4) is 45.6 Å². The molecule has 45 heavy (non-hydrogen) atoms. The van der Waals surface area contributed by atoms with E-state index in [1.807, 2.05) is 48.5 Å². The summed E-state index contributed by atoms with van der Waals surface area (Å²) >= 11 is 0. The van der Waals surface area contributed by atoms with Crippen LogP contribution in [-0.4, -0.2) is 29.9 Å². The quantitative estimate of drug-likeness (QED) is 0.135. The van der Waals surface area contributed by atoms with Crippen molar-refractivity contribution in [1.82, 2.24) is 39.9 Å². The summed E-state index contributed by atoms with van der Waals surface area (Å²) in [6.45, 7) is 0. The second kappa shape index (κ2) is 9.47. The van der Waals surface area contributed by atoms with Crippen LogP contribution in [0, 0.1) is 0 Å². The molecule has 0 spiro atoms. The van der Waals surface area contributed by atoms with Crippen LogP contribution in [-0.2, 0) is 16.5 Å². The average molecular weight is 631 g/mol. The second-order valence-corrected chi connectivity index (χ2v) is 10.7. The number of rotatable bonds is 0. The van der Waals surface area contributed by atoms with Gasteiger partial charge in [0.1, 0.15) is 0 Å². The van der Waals surface area contributed by atoms with Gasteiger partial charge in [0.25, 0.3) is 0 Å². The van der Waals surface area contributed by atoms with Crippen LogP contribution in [0.2, 0.25) is 0 Å². The summed E-state index contributed by atoms with van der Waals surface area (Å²) in [7, 11) is 0. The SMILES string of the molecule is Nc1ccc2c(c1)-c1nc-2nc2[n-]c(nc3nc(nc4[n-]c(n1)c1ccc(N)cc41)-c1cc(N)ccc1-3)c1cc(N)ccc21.[Ni+2]. The number of aromatic nitrogens is 8. The molecule has 218 valence electrons. The van der Waals surface area contributed by atoms with Crippen molar-refractivity contribution in [2.45, 2.75) is 0 Å². The third kappa shape index (κ3) is 4.05. The van der Waals surface area contributed by atoms with Gasteiger partial charge in [-0.15, -0.1) is 0 Å². The Kier molecular flexibility index (Phi) is 5.59. The minimum absolute atomic E-state index is 0. The first kappa shape index (κ1) is 26.6. The molecule has 5 heterocycles. The molecular weight excluding hydrogens is 611 g/mol. The zero-order valence-electron chi connectivity index (χ0n) is 23.1. The van der Waals surface area contributed by atoms with E-state index in [0.717, 1.165) is 43.8 Å². The van der Waals surface area contributed by atoms with Gasteiger partial charge in [-0.25, -0.2) is 9.97 Å². The fraction of sp³-hybridized carbons (Fsp3) is 0. The molecule has 0 saturated heterocycles. The largest absolute Gasteiger partial charge is 2.00 e. The number of benzene rings is 4. The molecule has 0 atom stereocenters. The Balaban J connectivity index is 0.00000300. The minimum Gasteiger partial charge on any atom is -0.399 e. The summed E-state index contributed by atoms with van der Waals surface area (Å²) in [6.07, 6.45) is 0. The predicted molar refractivity (Wildman–Crippen MR) is 172 cm³/mol. The summed E-state index contributed by atoms with van der Waals surface area (Å²) in [4.78, 5) is 39.0. The van der Waals surface area contributed by atoms with E-state index in [-0.39, 0.29) is 16.5 Å². The fourth-order valence-electron chi connectivity index (χ4n) is 5.73. The maximum absolute atomic E-state index is 6.20. The van der Waals surface area contributed by atoms with Gasteiger partial charge >= 0.3 is 16.5 Å². The Morgan fingerprint density at radius 3 is 1.11 bits per heavy atom. The Bertz CT molecular complexity index is 2570. The molecule has 2 aliphatic rings. The molecule has 13 heteroatoms. The summed E-state index contributed by atoms with van der Waals surface area (Å²) in [5.41, 5.74) is 31.7. The van der Waals surface area contributed by atoms with Gasteiger partial charge in [0.15, 0.2) is 0 Å². The van der Waals surface area contributed by atoms with E-state index in [1.165, 1.54) is 0 Å². The zero-order chi connectivity index (χ0) is 29.7. The normalized spacial score (nSPS) is 11.7. The molecule has 12 nitrogen and oxygen atoms in total. The maximum atomic E-state index is 6.20. The standard InChI is InChI=1S/C32H20N12.Ni/c33-13-1-5-17-21(9-13)29-38-25(17)37-26-18-6-2-14(34)10-22(18)30(39-26)41-28-20-8-4-16(36)12-24(20)32(43-28)44-31-23-11-15(35)3-7-19(23)27(40-29)42-31;/h1-12H,33-36H2;/q-2;+2. The number of anilines is 4. The smallest absolute Gasteiger partial charge is 0.399 e. The molecule has 0 radical (unpaired) electrons. The zero-order valence-corrected chi connectivity index (χ0v) is 24.1. The summed E-state index contributed by atoms with van der Waals surface area (Å²) in [5.74, 6) is 1.68. The third-order valence-corrected chi connectivity index (χ3v) is 7.80. The molecule has 0 amide bonds. The monoisotopic (exact) mass is 630 g/mol. The first-order valence-electron chi connectivity index (χ1n) is 13.7. The number of nitrogen functional groups attached to an aromatic ring is 4. The molecule has 8 N–H and O–H groups in total. The van der Waals surface area contributed by atoms with Crippen LogP contribution in [0.5, 0.6) is 0 Å². The number of nitrogens with zero attached hydrogens (tertiary/aromatic N) is 8. The van der Waals surface area contributed by atoms with E-state index in [9.17, 15) is 0 Å². The van der Waals surface area contributed by atoms with Gasteiger partial charge in [-0.1, -0.05) is 12.1 Å². The Morgan fingerprint density at radius 1 is 0.356 bits per heavy atom. The van der Waals surface area contributed by atoms with Gasteiger partial charge in [0.2, 0.25) is 0 Å². The summed E-state index contributed by atoms with van der Waals surface area (Å²) in [6, 6.07) is 22.0. The van der Waals surface area contributed by atoms with Crippen LogP contribution >= 0.6 is 0 Å². The number of nitrogens with two attached hydrogens (primary N) is 4.